The van der Waals surface area contributed by atoms with Crippen molar-refractivity contribution in [3.63, 3.8) is 0 Å². The number of hydrogen-bond acceptors (Lipinski definition) is 6. The summed E-state index contributed by atoms with van der Waals surface area (Å²) in [6.45, 7) is 6.63. The fourth-order valence-corrected chi connectivity index (χ4v) is 4.64. The van der Waals surface area contributed by atoms with Crippen molar-refractivity contribution in [3.05, 3.63) is 66.2 Å². The maximum atomic E-state index is 10.4. The number of morpholine rings is 1. The van der Waals surface area contributed by atoms with Gasteiger partial charge in [-0.05, 0) is 52.2 Å². The van der Waals surface area contributed by atoms with E-state index in [1.54, 1.807) is 0 Å². The molecule has 0 spiro atoms. The van der Waals surface area contributed by atoms with E-state index in [2.05, 4.69) is 34.1 Å². The van der Waals surface area contributed by atoms with Gasteiger partial charge in [0.15, 0.2) is 0 Å². The fourth-order valence-electron chi connectivity index (χ4n) is 4.64. The lowest BCUT2D eigenvalue weighted by Gasteiger charge is -2.47. The van der Waals surface area contributed by atoms with Crippen LogP contribution in [0.2, 0.25) is 0 Å². The summed E-state index contributed by atoms with van der Waals surface area (Å²) in [5.74, 6) is 0.766. The first-order valence-electron chi connectivity index (χ1n) is 11.6. The largest absolute Gasteiger partial charge is 0.491 e. The van der Waals surface area contributed by atoms with Gasteiger partial charge >= 0.3 is 0 Å². The molecule has 1 N–H and O–H groups in total. The lowest BCUT2D eigenvalue weighted by molar-refractivity contribution is -0.0461. The highest BCUT2D eigenvalue weighted by atomic mass is 16.5. The second-order valence-electron chi connectivity index (χ2n) is 8.90. The predicted molar refractivity (Wildman–Crippen MR) is 128 cm³/mol. The normalized spacial score (nSPS) is 18.5. The minimum Gasteiger partial charge on any atom is -0.491 e. The van der Waals surface area contributed by atoms with Crippen molar-refractivity contribution in [3.8, 4) is 22.9 Å². The molecule has 0 aliphatic carbocycles. The van der Waals surface area contributed by atoms with Crippen molar-refractivity contribution in [2.24, 2.45) is 0 Å². The van der Waals surface area contributed by atoms with Crippen LogP contribution in [0.4, 0.5) is 0 Å². The van der Waals surface area contributed by atoms with Crippen molar-refractivity contribution in [1.29, 1.82) is 5.26 Å². The summed E-state index contributed by atoms with van der Waals surface area (Å²) < 4.78 is 11.3. The molecule has 3 aromatic carbocycles. The number of fused-ring (bicyclic) bond motifs is 1. The highest BCUT2D eigenvalue weighted by molar-refractivity contribution is 5.88. The van der Waals surface area contributed by atoms with Gasteiger partial charge in [-0.25, -0.2) is 0 Å². The van der Waals surface area contributed by atoms with E-state index in [0.717, 1.165) is 67.0 Å². The van der Waals surface area contributed by atoms with Crippen LogP contribution in [0.25, 0.3) is 21.9 Å². The number of aliphatic hydroxyl groups is 1. The monoisotopic (exact) mass is 443 g/mol. The van der Waals surface area contributed by atoms with Crippen LogP contribution in [0.1, 0.15) is 5.56 Å². The van der Waals surface area contributed by atoms with E-state index in [9.17, 15) is 5.11 Å². The Morgan fingerprint density at radius 3 is 2.42 bits per heavy atom. The Kier molecular flexibility index (Phi) is 6.56. The van der Waals surface area contributed by atoms with Crippen molar-refractivity contribution in [2.75, 3.05) is 52.5 Å². The van der Waals surface area contributed by atoms with Crippen LogP contribution in [0.3, 0.4) is 0 Å². The maximum Gasteiger partial charge on any atom is 0.120 e. The van der Waals surface area contributed by atoms with Gasteiger partial charge in [0, 0.05) is 38.8 Å². The summed E-state index contributed by atoms with van der Waals surface area (Å²) in [5, 5.41) is 21.6. The second kappa shape index (κ2) is 9.90. The van der Waals surface area contributed by atoms with E-state index >= 15 is 0 Å². The zero-order valence-corrected chi connectivity index (χ0v) is 18.7. The van der Waals surface area contributed by atoms with Crippen LogP contribution < -0.4 is 4.74 Å². The van der Waals surface area contributed by atoms with Gasteiger partial charge in [-0.1, -0.05) is 30.3 Å². The second-order valence-corrected chi connectivity index (χ2v) is 8.90. The highest BCUT2D eigenvalue weighted by Crippen LogP contribution is 2.27. The Morgan fingerprint density at radius 1 is 0.970 bits per heavy atom. The molecule has 0 aromatic heterocycles. The van der Waals surface area contributed by atoms with Crippen molar-refractivity contribution >= 4 is 10.8 Å². The lowest BCUT2D eigenvalue weighted by Crippen LogP contribution is -2.62. The van der Waals surface area contributed by atoms with Crippen LogP contribution in [-0.4, -0.2) is 79.6 Å². The Hall–Kier alpha value is -2.95. The number of ether oxygens (including phenoxy) is 2. The van der Waals surface area contributed by atoms with E-state index < -0.39 is 6.10 Å². The maximum absolute atomic E-state index is 10.4. The molecule has 2 saturated heterocycles. The minimum atomic E-state index is -0.509. The molecule has 1 atom stereocenters. The number of β-amino-alcohol motifs (C(OH)–C–C–N with tert-alkyl or cyclic N) is 1. The van der Waals surface area contributed by atoms with Crippen LogP contribution in [0.15, 0.2) is 60.7 Å². The third kappa shape index (κ3) is 5.18. The van der Waals surface area contributed by atoms with E-state index in [4.69, 9.17) is 14.7 Å². The fraction of sp³-hybridized carbons (Fsp3) is 0.370. The molecule has 5 rings (SSSR count). The molecule has 0 saturated carbocycles. The average Bonchev–Trinajstić information content (AvgIpc) is 2.85. The van der Waals surface area contributed by atoms with Gasteiger partial charge in [-0.15, -0.1) is 0 Å². The minimum absolute atomic E-state index is 0.285. The molecule has 0 radical (unpaired) electrons. The standard InChI is InChI=1S/C27H29N3O3/c28-15-20-1-3-21(4-2-20)22-5-6-24-14-27(8-7-23(24)13-22)33-19-26(31)18-29-16-25(17-29)30-9-11-32-12-10-30/h1-8,13-14,25-26,31H,9-12,16-19H2. The number of likely N-dealkylation sites (tertiary alicyclic amines) is 1. The van der Waals surface area contributed by atoms with E-state index in [-0.39, 0.29) is 6.61 Å². The molecule has 1 unspecified atom stereocenters. The van der Waals surface area contributed by atoms with Gasteiger partial charge in [-0.3, -0.25) is 9.80 Å². The van der Waals surface area contributed by atoms with Crippen LogP contribution >= 0.6 is 0 Å². The number of aliphatic hydroxyl groups excluding tert-OH is 1. The Balaban J connectivity index is 1.13. The van der Waals surface area contributed by atoms with Crippen LogP contribution in [0, 0.1) is 11.3 Å². The molecule has 2 heterocycles. The molecule has 33 heavy (non-hydrogen) atoms. The number of nitrogens with zero attached hydrogens (tertiary/aromatic N) is 3. The first-order chi connectivity index (χ1) is 16.2. The third-order valence-corrected chi connectivity index (χ3v) is 6.57. The molecule has 2 fully saturated rings. The van der Waals surface area contributed by atoms with Gasteiger partial charge in [0.05, 0.1) is 24.8 Å². The van der Waals surface area contributed by atoms with Crippen LogP contribution in [0.5, 0.6) is 5.75 Å². The molecule has 6 heteroatoms. The quantitative estimate of drug-likeness (QED) is 0.605. The van der Waals surface area contributed by atoms with Gasteiger partial charge in [0.25, 0.3) is 0 Å². The zero-order valence-electron chi connectivity index (χ0n) is 18.7. The van der Waals surface area contributed by atoms with Gasteiger partial charge < -0.3 is 14.6 Å². The Labute approximate surface area is 194 Å². The third-order valence-electron chi connectivity index (χ3n) is 6.57. The predicted octanol–water partition coefficient (Wildman–Crippen LogP) is 3.13. The summed E-state index contributed by atoms with van der Waals surface area (Å²) in [6, 6.07) is 22.7. The van der Waals surface area contributed by atoms with E-state index in [0.29, 0.717) is 18.2 Å². The number of rotatable bonds is 7. The number of hydrogen-bond donors (Lipinski definition) is 1. The summed E-state index contributed by atoms with van der Waals surface area (Å²) >= 11 is 0. The Bertz CT molecular complexity index is 1130. The molecule has 170 valence electrons. The zero-order chi connectivity index (χ0) is 22.6. The highest BCUT2D eigenvalue weighted by Gasteiger charge is 2.33. The Morgan fingerprint density at radius 2 is 1.67 bits per heavy atom. The van der Waals surface area contributed by atoms with Gasteiger partial charge in [0.2, 0.25) is 0 Å². The molecule has 2 aliphatic heterocycles. The molecule has 6 nitrogen and oxygen atoms in total. The van der Waals surface area contributed by atoms with E-state index in [1.807, 2.05) is 42.5 Å². The molecule has 0 amide bonds. The van der Waals surface area contributed by atoms with E-state index in [1.165, 1.54) is 0 Å². The smallest absolute Gasteiger partial charge is 0.120 e. The van der Waals surface area contributed by atoms with Crippen LogP contribution in [-0.2, 0) is 4.74 Å². The topological polar surface area (TPSA) is 69.0 Å². The van der Waals surface area contributed by atoms with Crippen molar-refractivity contribution in [1.82, 2.24) is 9.80 Å². The SMILES string of the molecule is N#Cc1ccc(-c2ccc3cc(OCC(O)CN4CC(N5CCOCC5)C4)ccc3c2)cc1. The molecule has 3 aromatic rings. The lowest BCUT2D eigenvalue weighted by atomic mass is 10.0. The average molecular weight is 444 g/mol. The summed E-state index contributed by atoms with van der Waals surface area (Å²) in [6.07, 6.45) is -0.509. The van der Waals surface area contributed by atoms with Crippen molar-refractivity contribution < 1.29 is 14.6 Å². The number of benzene rings is 3. The van der Waals surface area contributed by atoms with Gasteiger partial charge in [-0.2, -0.15) is 5.26 Å². The van der Waals surface area contributed by atoms with Gasteiger partial charge in [0.1, 0.15) is 18.5 Å². The first-order valence-corrected chi connectivity index (χ1v) is 11.6. The van der Waals surface area contributed by atoms with Crippen molar-refractivity contribution in [2.45, 2.75) is 12.1 Å². The summed E-state index contributed by atoms with van der Waals surface area (Å²) in [4.78, 5) is 4.78. The summed E-state index contributed by atoms with van der Waals surface area (Å²) in [7, 11) is 0. The first kappa shape index (κ1) is 21.9. The molecular weight excluding hydrogens is 414 g/mol. The number of nitriles is 1. The summed E-state index contributed by atoms with van der Waals surface area (Å²) in [5.41, 5.74) is 2.86. The molecule has 2 aliphatic rings. The molecular formula is C27H29N3O3. The molecule has 0 bridgehead atoms.